The van der Waals surface area contributed by atoms with Crippen LogP contribution in [-0.2, 0) is 7.05 Å². The van der Waals surface area contributed by atoms with Gasteiger partial charge in [0.05, 0.1) is 16.8 Å². The lowest BCUT2D eigenvalue weighted by Gasteiger charge is -2.10. The lowest BCUT2D eigenvalue weighted by Crippen LogP contribution is -2.00. The van der Waals surface area contributed by atoms with Gasteiger partial charge in [-0.1, -0.05) is 6.07 Å². The Bertz CT molecular complexity index is 692. The van der Waals surface area contributed by atoms with Gasteiger partial charge in [-0.25, -0.2) is 4.79 Å². The third-order valence-electron chi connectivity index (χ3n) is 3.50. The number of ether oxygens (including phenoxy) is 1. The second-order valence-electron chi connectivity index (χ2n) is 5.24. The fourth-order valence-corrected chi connectivity index (χ4v) is 2.47. The van der Waals surface area contributed by atoms with Gasteiger partial charge in [-0.05, 0) is 52.9 Å². The van der Waals surface area contributed by atoms with Gasteiger partial charge in [-0.15, -0.1) is 0 Å². The van der Waals surface area contributed by atoms with Gasteiger partial charge in [0, 0.05) is 12.6 Å². The average Bonchev–Trinajstić information content (AvgIpc) is 3.19. The molecule has 0 atom stereocenters. The molecule has 0 saturated heterocycles. The minimum Gasteiger partial charge on any atom is -0.492 e. The van der Waals surface area contributed by atoms with E-state index in [1.807, 2.05) is 18.2 Å². The molecule has 1 fully saturated rings. The third-order valence-corrected chi connectivity index (χ3v) is 4.15. The van der Waals surface area contributed by atoms with E-state index in [0.717, 1.165) is 28.1 Å². The van der Waals surface area contributed by atoms with Crippen molar-refractivity contribution in [2.24, 2.45) is 13.0 Å². The Hall–Kier alpha value is -1.82. The van der Waals surface area contributed by atoms with E-state index < -0.39 is 5.97 Å². The first kappa shape index (κ1) is 14.1. The number of rotatable bonds is 5. The van der Waals surface area contributed by atoms with Crippen LogP contribution in [0.2, 0.25) is 0 Å². The van der Waals surface area contributed by atoms with Crippen LogP contribution in [-0.4, -0.2) is 27.5 Å². The number of carboxylic acid groups (broad SMARTS) is 1. The molecular formula is C15H15BrN2O3. The molecule has 5 nitrogen and oxygen atoms in total. The number of carboxylic acids is 1. The molecule has 1 saturated carbocycles. The zero-order valence-corrected chi connectivity index (χ0v) is 13.1. The van der Waals surface area contributed by atoms with E-state index in [1.165, 1.54) is 12.8 Å². The number of halogens is 1. The lowest BCUT2D eigenvalue weighted by molar-refractivity contribution is 0.0689. The number of hydrogen-bond acceptors (Lipinski definition) is 3. The van der Waals surface area contributed by atoms with Crippen molar-refractivity contribution in [1.29, 1.82) is 0 Å². The fourth-order valence-electron chi connectivity index (χ4n) is 2.11. The van der Waals surface area contributed by atoms with Gasteiger partial charge < -0.3 is 9.84 Å². The van der Waals surface area contributed by atoms with Crippen molar-refractivity contribution in [3.8, 4) is 17.0 Å². The monoisotopic (exact) mass is 350 g/mol. The van der Waals surface area contributed by atoms with E-state index in [0.29, 0.717) is 5.92 Å². The molecule has 0 unspecified atom stereocenters. The maximum Gasteiger partial charge on any atom is 0.356 e. The van der Waals surface area contributed by atoms with Crippen molar-refractivity contribution < 1.29 is 14.6 Å². The molecule has 6 heteroatoms. The highest BCUT2D eigenvalue weighted by molar-refractivity contribution is 9.10. The topological polar surface area (TPSA) is 64.4 Å². The normalized spacial score (nSPS) is 14.2. The maximum absolute atomic E-state index is 11.0. The van der Waals surface area contributed by atoms with Gasteiger partial charge in [0.1, 0.15) is 5.75 Å². The molecule has 1 heterocycles. The zero-order chi connectivity index (χ0) is 15.0. The highest BCUT2D eigenvalue weighted by Gasteiger charge is 2.22. The molecule has 1 aromatic carbocycles. The summed E-state index contributed by atoms with van der Waals surface area (Å²) in [6.07, 6.45) is 2.47. The summed E-state index contributed by atoms with van der Waals surface area (Å²) in [4.78, 5) is 11.0. The molecular weight excluding hydrogens is 336 g/mol. The summed E-state index contributed by atoms with van der Waals surface area (Å²) < 4.78 is 8.29. The molecule has 0 spiro atoms. The SMILES string of the molecule is Cn1nc(C(=O)O)cc1-c1ccc(Br)c(OCC2CC2)c1. The Morgan fingerprint density at radius 1 is 1.48 bits per heavy atom. The minimum atomic E-state index is -1.03. The highest BCUT2D eigenvalue weighted by atomic mass is 79.9. The zero-order valence-electron chi connectivity index (χ0n) is 11.5. The smallest absolute Gasteiger partial charge is 0.356 e. The van der Waals surface area contributed by atoms with E-state index in [-0.39, 0.29) is 5.69 Å². The van der Waals surface area contributed by atoms with Crippen LogP contribution < -0.4 is 4.74 Å². The van der Waals surface area contributed by atoms with Crippen molar-refractivity contribution in [1.82, 2.24) is 9.78 Å². The van der Waals surface area contributed by atoms with Crippen LogP contribution in [0.15, 0.2) is 28.7 Å². The van der Waals surface area contributed by atoms with Gasteiger partial charge in [0.25, 0.3) is 0 Å². The molecule has 1 aliphatic rings. The van der Waals surface area contributed by atoms with Gasteiger partial charge in [-0.2, -0.15) is 5.10 Å². The number of nitrogens with zero attached hydrogens (tertiary/aromatic N) is 2. The molecule has 3 rings (SSSR count). The number of aryl methyl sites for hydroxylation is 1. The summed E-state index contributed by atoms with van der Waals surface area (Å²) in [7, 11) is 1.73. The van der Waals surface area contributed by atoms with E-state index in [9.17, 15) is 4.79 Å². The number of carbonyl (C=O) groups is 1. The summed E-state index contributed by atoms with van der Waals surface area (Å²) in [5.41, 5.74) is 1.67. The Kier molecular flexibility index (Phi) is 3.71. The van der Waals surface area contributed by atoms with Crippen molar-refractivity contribution in [3.63, 3.8) is 0 Å². The standard InChI is InChI=1S/C15H15BrN2O3/c1-18-13(7-12(17-18)15(19)20)10-4-5-11(16)14(6-10)21-8-9-2-3-9/h4-7,9H,2-3,8H2,1H3,(H,19,20). The molecule has 0 radical (unpaired) electrons. The Morgan fingerprint density at radius 3 is 2.86 bits per heavy atom. The second kappa shape index (κ2) is 5.52. The first-order chi connectivity index (χ1) is 10.0. The lowest BCUT2D eigenvalue weighted by atomic mass is 10.1. The van der Waals surface area contributed by atoms with Crippen LogP contribution in [0.5, 0.6) is 5.75 Å². The van der Waals surface area contributed by atoms with Crippen molar-refractivity contribution >= 4 is 21.9 Å². The van der Waals surface area contributed by atoms with Crippen LogP contribution in [0.3, 0.4) is 0 Å². The number of aromatic carboxylic acids is 1. The van der Waals surface area contributed by atoms with Gasteiger partial charge in [0.15, 0.2) is 5.69 Å². The maximum atomic E-state index is 11.0. The Labute approximate surface area is 130 Å². The molecule has 0 aliphatic heterocycles. The predicted octanol–water partition coefficient (Wildman–Crippen LogP) is 3.34. The Morgan fingerprint density at radius 2 is 2.24 bits per heavy atom. The van der Waals surface area contributed by atoms with Crippen molar-refractivity contribution in [3.05, 3.63) is 34.4 Å². The van der Waals surface area contributed by atoms with E-state index >= 15 is 0 Å². The summed E-state index contributed by atoms with van der Waals surface area (Å²) in [5.74, 6) is 0.424. The molecule has 110 valence electrons. The van der Waals surface area contributed by atoms with Crippen LogP contribution in [0.25, 0.3) is 11.3 Å². The average molecular weight is 351 g/mol. The summed E-state index contributed by atoms with van der Waals surface area (Å²) in [6.45, 7) is 0.730. The summed E-state index contributed by atoms with van der Waals surface area (Å²) in [5, 5.41) is 13.0. The van der Waals surface area contributed by atoms with Gasteiger partial charge >= 0.3 is 5.97 Å². The number of benzene rings is 1. The first-order valence-electron chi connectivity index (χ1n) is 6.74. The molecule has 21 heavy (non-hydrogen) atoms. The van der Waals surface area contributed by atoms with Crippen molar-refractivity contribution in [2.45, 2.75) is 12.8 Å². The molecule has 2 aromatic rings. The first-order valence-corrected chi connectivity index (χ1v) is 7.54. The quantitative estimate of drug-likeness (QED) is 0.897. The second-order valence-corrected chi connectivity index (χ2v) is 6.10. The number of hydrogen-bond donors (Lipinski definition) is 1. The summed E-state index contributed by atoms with van der Waals surface area (Å²) in [6, 6.07) is 7.30. The predicted molar refractivity (Wildman–Crippen MR) is 81.5 cm³/mol. The minimum absolute atomic E-state index is 0.0378. The van der Waals surface area contributed by atoms with Crippen LogP contribution in [0.4, 0.5) is 0 Å². The molecule has 1 aliphatic carbocycles. The Balaban J connectivity index is 1.90. The van der Waals surface area contributed by atoms with E-state index in [1.54, 1.807) is 17.8 Å². The molecule has 1 aromatic heterocycles. The van der Waals surface area contributed by atoms with Gasteiger partial charge in [-0.3, -0.25) is 4.68 Å². The van der Waals surface area contributed by atoms with Crippen LogP contribution in [0.1, 0.15) is 23.3 Å². The fraction of sp³-hybridized carbons (Fsp3) is 0.333. The van der Waals surface area contributed by atoms with Crippen molar-refractivity contribution in [2.75, 3.05) is 6.61 Å². The van der Waals surface area contributed by atoms with E-state index in [2.05, 4.69) is 21.0 Å². The summed E-state index contributed by atoms with van der Waals surface area (Å²) >= 11 is 3.48. The van der Waals surface area contributed by atoms with Crippen LogP contribution in [0, 0.1) is 5.92 Å². The molecule has 1 N–H and O–H groups in total. The van der Waals surface area contributed by atoms with E-state index in [4.69, 9.17) is 9.84 Å². The van der Waals surface area contributed by atoms with Gasteiger partial charge in [0.2, 0.25) is 0 Å². The molecule has 0 bridgehead atoms. The van der Waals surface area contributed by atoms with Crippen LogP contribution >= 0.6 is 15.9 Å². The number of aromatic nitrogens is 2. The molecule has 0 amide bonds. The third kappa shape index (κ3) is 3.10. The largest absolute Gasteiger partial charge is 0.492 e. The highest BCUT2D eigenvalue weighted by Crippen LogP contribution is 2.34.